The SMILES string of the molecule is CC1CCCC(N)(C2(O)CCOC2)C1. The van der Waals surface area contributed by atoms with Gasteiger partial charge in [0.05, 0.1) is 6.61 Å². The lowest BCUT2D eigenvalue weighted by Gasteiger charge is -2.46. The van der Waals surface area contributed by atoms with Crippen LogP contribution >= 0.6 is 0 Å². The summed E-state index contributed by atoms with van der Waals surface area (Å²) in [4.78, 5) is 0. The van der Waals surface area contributed by atoms with Gasteiger partial charge in [-0.25, -0.2) is 0 Å². The van der Waals surface area contributed by atoms with Crippen LogP contribution in [0.3, 0.4) is 0 Å². The molecule has 0 amide bonds. The van der Waals surface area contributed by atoms with Gasteiger partial charge in [0.15, 0.2) is 0 Å². The highest BCUT2D eigenvalue weighted by Crippen LogP contribution is 2.41. The maximum atomic E-state index is 10.4. The first-order valence-corrected chi connectivity index (χ1v) is 5.65. The molecule has 1 saturated heterocycles. The number of hydrogen-bond donors (Lipinski definition) is 2. The molecule has 2 fully saturated rings. The van der Waals surface area contributed by atoms with Gasteiger partial charge in [-0.3, -0.25) is 0 Å². The molecule has 0 aromatic carbocycles. The minimum absolute atomic E-state index is 0.402. The third kappa shape index (κ3) is 1.58. The highest BCUT2D eigenvalue weighted by molar-refractivity contribution is 5.07. The summed E-state index contributed by atoms with van der Waals surface area (Å²) in [5.41, 5.74) is 5.20. The van der Waals surface area contributed by atoms with Crippen LogP contribution in [-0.2, 0) is 4.74 Å². The first kappa shape index (κ1) is 10.4. The molecule has 2 aliphatic rings. The summed E-state index contributed by atoms with van der Waals surface area (Å²) in [7, 11) is 0. The first-order chi connectivity index (χ1) is 6.56. The van der Waals surface area contributed by atoms with E-state index in [4.69, 9.17) is 10.5 Å². The Kier molecular flexibility index (Phi) is 2.58. The molecule has 0 bridgehead atoms. The van der Waals surface area contributed by atoms with Gasteiger partial charge in [0.2, 0.25) is 0 Å². The van der Waals surface area contributed by atoms with Crippen LogP contribution in [0.5, 0.6) is 0 Å². The molecule has 1 aliphatic carbocycles. The fourth-order valence-electron chi connectivity index (χ4n) is 2.96. The average molecular weight is 199 g/mol. The summed E-state index contributed by atoms with van der Waals surface area (Å²) in [6.45, 7) is 3.31. The Labute approximate surface area is 85.6 Å². The van der Waals surface area contributed by atoms with Gasteiger partial charge < -0.3 is 15.6 Å². The molecular formula is C11H21NO2. The minimum Gasteiger partial charge on any atom is -0.385 e. The standard InChI is InChI=1S/C11H21NO2/c1-9-3-2-4-10(12,7-9)11(13)5-6-14-8-11/h9,13H,2-8,12H2,1H3. The van der Waals surface area contributed by atoms with Crippen molar-refractivity contribution >= 4 is 0 Å². The van der Waals surface area contributed by atoms with Crippen molar-refractivity contribution < 1.29 is 9.84 Å². The molecule has 3 N–H and O–H groups in total. The molecule has 3 nitrogen and oxygen atoms in total. The number of nitrogens with two attached hydrogens (primary N) is 1. The molecule has 3 heteroatoms. The van der Waals surface area contributed by atoms with Crippen LogP contribution in [0.2, 0.25) is 0 Å². The molecular weight excluding hydrogens is 178 g/mol. The fraction of sp³-hybridized carbons (Fsp3) is 1.00. The van der Waals surface area contributed by atoms with E-state index in [1.165, 1.54) is 6.42 Å². The van der Waals surface area contributed by atoms with Crippen molar-refractivity contribution in [1.82, 2.24) is 0 Å². The molecule has 14 heavy (non-hydrogen) atoms. The van der Waals surface area contributed by atoms with E-state index in [2.05, 4.69) is 6.92 Å². The van der Waals surface area contributed by atoms with Crippen molar-refractivity contribution in [3.05, 3.63) is 0 Å². The van der Waals surface area contributed by atoms with Crippen molar-refractivity contribution in [1.29, 1.82) is 0 Å². The Hall–Kier alpha value is -0.120. The topological polar surface area (TPSA) is 55.5 Å². The number of aliphatic hydroxyl groups is 1. The van der Waals surface area contributed by atoms with Crippen molar-refractivity contribution in [3.63, 3.8) is 0 Å². The van der Waals surface area contributed by atoms with Gasteiger partial charge in [-0.2, -0.15) is 0 Å². The Morgan fingerprint density at radius 3 is 2.79 bits per heavy atom. The molecule has 82 valence electrons. The zero-order chi connectivity index (χ0) is 10.2. The van der Waals surface area contributed by atoms with E-state index in [1.54, 1.807) is 0 Å². The average Bonchev–Trinajstić information content (AvgIpc) is 2.53. The smallest absolute Gasteiger partial charge is 0.108 e. The number of hydrogen-bond acceptors (Lipinski definition) is 3. The molecule has 2 rings (SSSR count). The van der Waals surface area contributed by atoms with E-state index >= 15 is 0 Å². The third-order valence-electron chi connectivity index (χ3n) is 3.96. The lowest BCUT2D eigenvalue weighted by molar-refractivity contribution is -0.0617. The lowest BCUT2D eigenvalue weighted by Crippen LogP contribution is -2.62. The largest absolute Gasteiger partial charge is 0.385 e. The minimum atomic E-state index is -0.762. The number of rotatable bonds is 1. The van der Waals surface area contributed by atoms with Crippen LogP contribution in [0.15, 0.2) is 0 Å². The van der Waals surface area contributed by atoms with Crippen LogP contribution in [-0.4, -0.2) is 29.5 Å². The summed E-state index contributed by atoms with van der Waals surface area (Å²) in [5, 5.41) is 10.4. The van der Waals surface area contributed by atoms with Crippen LogP contribution < -0.4 is 5.73 Å². The zero-order valence-electron chi connectivity index (χ0n) is 8.96. The zero-order valence-corrected chi connectivity index (χ0v) is 8.96. The fourth-order valence-corrected chi connectivity index (χ4v) is 2.96. The van der Waals surface area contributed by atoms with Gasteiger partial charge in [-0.1, -0.05) is 19.8 Å². The molecule has 3 atom stereocenters. The predicted octanol–water partition coefficient (Wildman–Crippen LogP) is 1.05. The van der Waals surface area contributed by atoms with Gasteiger partial charge >= 0.3 is 0 Å². The van der Waals surface area contributed by atoms with E-state index in [1.807, 2.05) is 0 Å². The van der Waals surface area contributed by atoms with Crippen molar-refractivity contribution in [3.8, 4) is 0 Å². The van der Waals surface area contributed by atoms with E-state index in [-0.39, 0.29) is 0 Å². The highest BCUT2D eigenvalue weighted by atomic mass is 16.5. The second kappa shape index (κ2) is 3.47. The Balaban J connectivity index is 2.13. The third-order valence-corrected chi connectivity index (χ3v) is 3.96. The van der Waals surface area contributed by atoms with Crippen LogP contribution in [0, 0.1) is 5.92 Å². The summed E-state index contributed by atoms with van der Waals surface area (Å²) < 4.78 is 5.28. The van der Waals surface area contributed by atoms with Gasteiger partial charge in [-0.05, 0) is 18.8 Å². The van der Waals surface area contributed by atoms with Crippen molar-refractivity contribution in [2.75, 3.05) is 13.2 Å². The van der Waals surface area contributed by atoms with Crippen LogP contribution in [0.4, 0.5) is 0 Å². The molecule has 0 radical (unpaired) electrons. The summed E-state index contributed by atoms with van der Waals surface area (Å²) in [5.74, 6) is 0.637. The van der Waals surface area contributed by atoms with Gasteiger partial charge in [-0.15, -0.1) is 0 Å². The molecule has 1 aliphatic heterocycles. The molecule has 0 aromatic heterocycles. The van der Waals surface area contributed by atoms with Crippen molar-refractivity contribution in [2.24, 2.45) is 11.7 Å². The molecule has 0 aromatic rings. The Morgan fingerprint density at radius 1 is 1.43 bits per heavy atom. The van der Waals surface area contributed by atoms with Crippen LogP contribution in [0.1, 0.15) is 39.0 Å². The highest BCUT2D eigenvalue weighted by Gasteiger charge is 2.51. The monoisotopic (exact) mass is 199 g/mol. The van der Waals surface area contributed by atoms with Gasteiger partial charge in [0.1, 0.15) is 5.60 Å². The summed E-state index contributed by atoms with van der Waals surface area (Å²) in [6.07, 6.45) is 4.97. The first-order valence-electron chi connectivity index (χ1n) is 5.65. The normalized spacial score (nSPS) is 49.5. The quantitative estimate of drug-likeness (QED) is 0.663. The molecule has 1 saturated carbocycles. The maximum Gasteiger partial charge on any atom is 0.108 e. The molecule has 0 spiro atoms. The lowest BCUT2D eigenvalue weighted by atomic mass is 9.67. The summed E-state index contributed by atoms with van der Waals surface area (Å²) >= 11 is 0. The van der Waals surface area contributed by atoms with Gasteiger partial charge in [0, 0.05) is 18.6 Å². The predicted molar refractivity (Wildman–Crippen MR) is 54.9 cm³/mol. The Bertz CT molecular complexity index is 213. The Morgan fingerprint density at radius 2 is 2.21 bits per heavy atom. The molecule has 3 unspecified atom stereocenters. The molecule has 1 heterocycles. The number of ether oxygens (including phenoxy) is 1. The van der Waals surface area contributed by atoms with Crippen molar-refractivity contribution in [2.45, 2.75) is 50.2 Å². The maximum absolute atomic E-state index is 10.4. The second-order valence-corrected chi connectivity index (χ2v) is 5.19. The summed E-state index contributed by atoms with van der Waals surface area (Å²) in [6, 6.07) is 0. The van der Waals surface area contributed by atoms with E-state index < -0.39 is 11.1 Å². The van der Waals surface area contributed by atoms with E-state index in [9.17, 15) is 5.11 Å². The second-order valence-electron chi connectivity index (χ2n) is 5.19. The van der Waals surface area contributed by atoms with E-state index in [0.717, 1.165) is 19.3 Å². The van der Waals surface area contributed by atoms with Crippen LogP contribution in [0.25, 0.3) is 0 Å². The van der Waals surface area contributed by atoms with E-state index in [0.29, 0.717) is 25.6 Å². The van der Waals surface area contributed by atoms with Gasteiger partial charge in [0.25, 0.3) is 0 Å².